The molecule has 12 heavy (non-hydrogen) atoms. The summed E-state index contributed by atoms with van der Waals surface area (Å²) in [5, 5.41) is 0. The highest BCUT2D eigenvalue weighted by atomic mass is 19.1. The monoisotopic (exact) mass is 173 g/mol. The van der Waals surface area contributed by atoms with Crippen molar-refractivity contribution in [3.8, 4) is 0 Å². The fourth-order valence-electron chi connectivity index (χ4n) is 0.518. The minimum Gasteiger partial charge on any atom is -0.399 e. The maximum Gasteiger partial charge on any atom is 0.141 e. The van der Waals surface area contributed by atoms with Crippen molar-refractivity contribution in [1.82, 2.24) is 0 Å². The Bertz CT molecular complexity index is 157. The molecule has 0 rings (SSSR count). The van der Waals surface area contributed by atoms with Gasteiger partial charge in [0.25, 0.3) is 0 Å². The van der Waals surface area contributed by atoms with Crippen molar-refractivity contribution in [3.63, 3.8) is 0 Å². The molecule has 0 heterocycles. The Kier molecular flexibility index (Phi) is 9.54. The minimum atomic E-state index is -0.322. The summed E-state index contributed by atoms with van der Waals surface area (Å²) in [4.78, 5) is 0. The van der Waals surface area contributed by atoms with Gasteiger partial charge in [0.1, 0.15) is 5.83 Å². The molecule has 0 radical (unpaired) electrons. The van der Waals surface area contributed by atoms with Crippen LogP contribution in [-0.2, 0) is 0 Å². The first-order chi connectivity index (χ1) is 5.59. The average molecular weight is 173 g/mol. The van der Waals surface area contributed by atoms with Gasteiger partial charge in [-0.05, 0) is 18.9 Å². The predicted molar refractivity (Wildman–Crippen MR) is 53.3 cm³/mol. The SMILES string of the molecule is C/C=C\C(F)=C(\N)C(C)C.CC. The zero-order chi connectivity index (χ0) is 10.1. The number of rotatable bonds is 2. The van der Waals surface area contributed by atoms with Gasteiger partial charge in [-0.2, -0.15) is 0 Å². The summed E-state index contributed by atoms with van der Waals surface area (Å²) in [6.07, 6.45) is 3.00. The molecule has 0 spiro atoms. The van der Waals surface area contributed by atoms with Gasteiger partial charge in [0, 0.05) is 5.70 Å². The highest BCUT2D eigenvalue weighted by Crippen LogP contribution is 2.10. The summed E-state index contributed by atoms with van der Waals surface area (Å²) < 4.78 is 12.7. The lowest BCUT2D eigenvalue weighted by Crippen LogP contribution is -2.06. The summed E-state index contributed by atoms with van der Waals surface area (Å²) in [7, 11) is 0. The lowest BCUT2D eigenvalue weighted by molar-refractivity contribution is 0.614. The van der Waals surface area contributed by atoms with Crippen LogP contribution in [0.15, 0.2) is 23.7 Å². The summed E-state index contributed by atoms with van der Waals surface area (Å²) >= 11 is 0. The largest absolute Gasteiger partial charge is 0.399 e. The van der Waals surface area contributed by atoms with Crippen molar-refractivity contribution in [2.24, 2.45) is 11.7 Å². The first-order valence-electron chi connectivity index (χ1n) is 4.37. The Morgan fingerprint density at radius 1 is 1.33 bits per heavy atom. The molecule has 0 fully saturated rings. The number of nitrogens with two attached hydrogens (primary N) is 1. The fourth-order valence-corrected chi connectivity index (χ4v) is 0.518. The van der Waals surface area contributed by atoms with Crippen molar-refractivity contribution in [2.75, 3.05) is 0 Å². The van der Waals surface area contributed by atoms with Crippen LogP contribution in [0.1, 0.15) is 34.6 Å². The van der Waals surface area contributed by atoms with E-state index in [1.54, 1.807) is 13.0 Å². The first kappa shape index (κ1) is 13.8. The molecule has 2 heteroatoms. The van der Waals surface area contributed by atoms with Gasteiger partial charge in [0.05, 0.1) is 0 Å². The third-order valence-corrected chi connectivity index (χ3v) is 1.21. The van der Waals surface area contributed by atoms with Gasteiger partial charge >= 0.3 is 0 Å². The number of hydrogen-bond acceptors (Lipinski definition) is 1. The normalized spacial score (nSPS) is 12.6. The van der Waals surface area contributed by atoms with Gasteiger partial charge in [-0.15, -0.1) is 0 Å². The van der Waals surface area contributed by atoms with Crippen molar-refractivity contribution in [3.05, 3.63) is 23.7 Å². The first-order valence-corrected chi connectivity index (χ1v) is 4.37. The zero-order valence-electron chi connectivity index (χ0n) is 8.69. The summed E-state index contributed by atoms with van der Waals surface area (Å²) in [5.74, 6) is -0.242. The Morgan fingerprint density at radius 3 is 2.00 bits per heavy atom. The van der Waals surface area contributed by atoms with E-state index in [9.17, 15) is 4.39 Å². The predicted octanol–water partition coefficient (Wildman–Crippen LogP) is 3.38. The molecule has 0 aliphatic heterocycles. The molecule has 0 atom stereocenters. The molecule has 2 N–H and O–H groups in total. The van der Waals surface area contributed by atoms with Gasteiger partial charge < -0.3 is 5.73 Å². The Labute approximate surface area is 75.2 Å². The molecule has 0 aromatic rings. The topological polar surface area (TPSA) is 26.0 Å². The molecule has 0 aliphatic carbocycles. The van der Waals surface area contributed by atoms with Crippen molar-refractivity contribution in [1.29, 1.82) is 0 Å². The van der Waals surface area contributed by atoms with Crippen molar-refractivity contribution >= 4 is 0 Å². The standard InChI is InChI=1S/C8H14FN.C2H6/c1-4-5-7(9)8(10)6(2)3;1-2/h4-6H,10H2,1-3H3;1-2H3/b5-4-,8-7-;. The van der Waals surface area contributed by atoms with Gasteiger partial charge in [0.2, 0.25) is 0 Å². The number of allylic oxidation sites excluding steroid dienone is 4. The van der Waals surface area contributed by atoms with E-state index in [2.05, 4.69) is 0 Å². The van der Waals surface area contributed by atoms with E-state index in [1.807, 2.05) is 27.7 Å². The quantitative estimate of drug-likeness (QED) is 0.636. The molecule has 1 nitrogen and oxygen atoms in total. The van der Waals surface area contributed by atoms with Gasteiger partial charge in [0.15, 0.2) is 0 Å². The van der Waals surface area contributed by atoms with E-state index < -0.39 is 0 Å². The third kappa shape index (κ3) is 5.96. The molecule has 0 unspecified atom stereocenters. The molecule has 0 saturated heterocycles. The van der Waals surface area contributed by atoms with Crippen LogP contribution in [0.2, 0.25) is 0 Å². The summed E-state index contributed by atoms with van der Waals surface area (Å²) in [6.45, 7) is 9.48. The van der Waals surface area contributed by atoms with E-state index in [4.69, 9.17) is 5.73 Å². The fraction of sp³-hybridized carbons (Fsp3) is 0.600. The van der Waals surface area contributed by atoms with Crippen LogP contribution in [0, 0.1) is 5.92 Å². The summed E-state index contributed by atoms with van der Waals surface area (Å²) in [5.41, 5.74) is 5.72. The molecule has 0 bridgehead atoms. The van der Waals surface area contributed by atoms with Gasteiger partial charge in [-0.1, -0.05) is 33.8 Å². The molecule has 0 aromatic heterocycles. The second kappa shape index (κ2) is 8.31. The lowest BCUT2D eigenvalue weighted by Gasteiger charge is -2.03. The smallest absolute Gasteiger partial charge is 0.141 e. The number of hydrogen-bond donors (Lipinski definition) is 1. The van der Waals surface area contributed by atoms with Crippen LogP contribution in [0.4, 0.5) is 4.39 Å². The third-order valence-electron chi connectivity index (χ3n) is 1.21. The van der Waals surface area contributed by atoms with E-state index in [0.717, 1.165) is 0 Å². The van der Waals surface area contributed by atoms with Crippen molar-refractivity contribution < 1.29 is 4.39 Å². The van der Waals surface area contributed by atoms with Crippen LogP contribution in [0.25, 0.3) is 0 Å². The molecular formula is C10H20FN. The molecular weight excluding hydrogens is 153 g/mol. The van der Waals surface area contributed by atoms with E-state index in [-0.39, 0.29) is 11.7 Å². The average Bonchev–Trinajstić information content (AvgIpc) is 2.07. The van der Waals surface area contributed by atoms with Crippen molar-refractivity contribution in [2.45, 2.75) is 34.6 Å². The molecule has 0 saturated carbocycles. The lowest BCUT2D eigenvalue weighted by atomic mass is 10.1. The van der Waals surface area contributed by atoms with Crippen LogP contribution in [0.3, 0.4) is 0 Å². The minimum absolute atomic E-state index is 0.0798. The van der Waals surface area contributed by atoms with Gasteiger partial charge in [-0.25, -0.2) is 4.39 Å². The Balaban J connectivity index is 0. The number of halogens is 1. The van der Waals surface area contributed by atoms with Crippen LogP contribution in [0.5, 0.6) is 0 Å². The van der Waals surface area contributed by atoms with Crippen LogP contribution < -0.4 is 5.73 Å². The molecule has 0 amide bonds. The maximum absolute atomic E-state index is 12.7. The van der Waals surface area contributed by atoms with Gasteiger partial charge in [-0.3, -0.25) is 0 Å². The Hall–Kier alpha value is -0.790. The maximum atomic E-state index is 12.7. The van der Waals surface area contributed by atoms with Crippen LogP contribution >= 0.6 is 0 Å². The van der Waals surface area contributed by atoms with E-state index in [1.165, 1.54) is 6.08 Å². The summed E-state index contributed by atoms with van der Waals surface area (Å²) in [6, 6.07) is 0. The highest BCUT2D eigenvalue weighted by molar-refractivity contribution is 5.17. The zero-order valence-corrected chi connectivity index (χ0v) is 8.69. The molecule has 0 aliphatic rings. The van der Waals surface area contributed by atoms with Crippen LogP contribution in [-0.4, -0.2) is 0 Å². The van der Waals surface area contributed by atoms with E-state index >= 15 is 0 Å². The highest BCUT2D eigenvalue weighted by Gasteiger charge is 2.02. The molecule has 0 aromatic carbocycles. The Morgan fingerprint density at radius 2 is 1.75 bits per heavy atom. The second-order valence-electron chi connectivity index (χ2n) is 2.46. The second-order valence-corrected chi connectivity index (χ2v) is 2.46. The van der Waals surface area contributed by atoms with E-state index in [0.29, 0.717) is 5.70 Å². The molecule has 72 valence electrons.